The summed E-state index contributed by atoms with van der Waals surface area (Å²) in [7, 11) is 0. The van der Waals surface area contributed by atoms with Crippen molar-refractivity contribution in [2.45, 2.75) is 18.8 Å². The molecule has 1 aliphatic carbocycles. The van der Waals surface area contributed by atoms with E-state index in [4.69, 9.17) is 34.8 Å². The van der Waals surface area contributed by atoms with E-state index in [2.05, 4.69) is 20.5 Å². The summed E-state index contributed by atoms with van der Waals surface area (Å²) >= 11 is 18.9. The van der Waals surface area contributed by atoms with Crippen molar-refractivity contribution in [3.05, 3.63) is 32.0 Å². The molecule has 20 heavy (non-hydrogen) atoms. The highest BCUT2D eigenvalue weighted by atomic mass is 35.5. The molecule has 0 spiro atoms. The van der Waals surface area contributed by atoms with E-state index < -0.39 is 5.91 Å². The van der Waals surface area contributed by atoms with Gasteiger partial charge in [0.05, 0.1) is 15.1 Å². The zero-order chi connectivity index (χ0) is 14.3. The van der Waals surface area contributed by atoms with E-state index >= 15 is 0 Å². The zero-order valence-electron chi connectivity index (χ0n) is 9.86. The number of pyridine rings is 1. The fraction of sp³-hybridized carbons (Fsp3) is 0.273. The van der Waals surface area contributed by atoms with Gasteiger partial charge < -0.3 is 0 Å². The second-order valence-electron chi connectivity index (χ2n) is 4.26. The molecule has 3 rings (SSSR count). The number of aromatic nitrogens is 3. The summed E-state index contributed by atoms with van der Waals surface area (Å²) in [6.45, 7) is 0. The summed E-state index contributed by atoms with van der Waals surface area (Å²) in [5.74, 6) is -0.00287. The van der Waals surface area contributed by atoms with Gasteiger partial charge in [-0.15, -0.1) is 10.2 Å². The molecule has 9 heteroatoms. The third-order valence-electron chi connectivity index (χ3n) is 2.72. The van der Waals surface area contributed by atoms with Crippen molar-refractivity contribution < 1.29 is 4.79 Å². The number of rotatable bonds is 3. The maximum absolute atomic E-state index is 12.1. The molecule has 104 valence electrons. The smallest absolute Gasteiger partial charge is 0.277 e. The molecule has 0 aliphatic heterocycles. The largest absolute Gasteiger partial charge is 0.295 e. The molecule has 1 amide bonds. The number of carbonyl (C=O) groups is 1. The third kappa shape index (κ3) is 2.74. The van der Waals surface area contributed by atoms with Gasteiger partial charge in [0.25, 0.3) is 5.91 Å². The first kappa shape index (κ1) is 14.0. The van der Waals surface area contributed by atoms with Crippen molar-refractivity contribution in [1.29, 1.82) is 0 Å². The van der Waals surface area contributed by atoms with Gasteiger partial charge in [0, 0.05) is 12.1 Å². The highest BCUT2D eigenvalue weighted by Gasteiger charge is 2.28. The fourth-order valence-electron chi connectivity index (χ4n) is 1.54. The molecular formula is C11H7Cl3N4OS. The maximum atomic E-state index is 12.1. The molecule has 1 N–H and O–H groups in total. The number of hydrogen-bond donors (Lipinski definition) is 1. The van der Waals surface area contributed by atoms with Crippen LogP contribution in [0.5, 0.6) is 0 Å². The van der Waals surface area contributed by atoms with Crippen LogP contribution < -0.4 is 5.32 Å². The molecule has 2 aromatic heterocycles. The van der Waals surface area contributed by atoms with Crippen LogP contribution in [0.2, 0.25) is 15.1 Å². The van der Waals surface area contributed by atoms with Crippen LogP contribution in [-0.2, 0) is 0 Å². The average Bonchev–Trinajstić information content (AvgIpc) is 3.17. The Kier molecular flexibility index (Phi) is 3.81. The van der Waals surface area contributed by atoms with Crippen LogP contribution in [0.4, 0.5) is 5.13 Å². The lowest BCUT2D eigenvalue weighted by molar-refractivity contribution is 0.102. The van der Waals surface area contributed by atoms with Gasteiger partial charge in [-0.2, -0.15) is 0 Å². The predicted molar refractivity (Wildman–Crippen MR) is 79.1 cm³/mol. The van der Waals surface area contributed by atoms with Gasteiger partial charge in [-0.05, 0) is 12.8 Å². The molecule has 0 unspecified atom stereocenters. The van der Waals surface area contributed by atoms with Gasteiger partial charge in [-0.3, -0.25) is 10.1 Å². The van der Waals surface area contributed by atoms with Crippen LogP contribution >= 0.6 is 46.1 Å². The molecule has 0 saturated heterocycles. The summed E-state index contributed by atoms with van der Waals surface area (Å²) in [5, 5.41) is 12.2. The van der Waals surface area contributed by atoms with Gasteiger partial charge in [-0.1, -0.05) is 46.1 Å². The minimum Gasteiger partial charge on any atom is -0.295 e. The van der Waals surface area contributed by atoms with E-state index in [0.717, 1.165) is 17.8 Å². The Hall–Kier alpha value is -0.950. The number of anilines is 1. The summed E-state index contributed by atoms with van der Waals surface area (Å²) in [4.78, 5) is 16.0. The number of halogens is 3. The normalized spacial score (nSPS) is 14.3. The monoisotopic (exact) mass is 348 g/mol. The molecule has 0 bridgehead atoms. The third-order valence-corrected chi connectivity index (χ3v) is 4.96. The van der Waals surface area contributed by atoms with Gasteiger partial charge >= 0.3 is 0 Å². The van der Waals surface area contributed by atoms with Crippen molar-refractivity contribution in [3.8, 4) is 0 Å². The second-order valence-corrected chi connectivity index (χ2v) is 6.43. The second kappa shape index (κ2) is 5.44. The van der Waals surface area contributed by atoms with Crippen molar-refractivity contribution in [3.63, 3.8) is 0 Å². The van der Waals surface area contributed by atoms with Crippen molar-refractivity contribution in [1.82, 2.24) is 15.2 Å². The molecule has 1 saturated carbocycles. The zero-order valence-corrected chi connectivity index (χ0v) is 12.9. The lowest BCUT2D eigenvalue weighted by Crippen LogP contribution is -2.14. The standard InChI is InChI=1S/C11H7Cl3N4OS/c12-5-3-15-8(7(14)6(5)13)9(19)16-11-18-17-10(20-11)4-1-2-4/h3-4H,1-2H2,(H,16,18,19). The summed E-state index contributed by atoms with van der Waals surface area (Å²) in [5.41, 5.74) is 0.00392. The Balaban J connectivity index is 1.80. The van der Waals surface area contributed by atoms with E-state index in [1.54, 1.807) is 0 Å². The van der Waals surface area contributed by atoms with E-state index in [-0.39, 0.29) is 20.8 Å². The van der Waals surface area contributed by atoms with Crippen LogP contribution in [0.25, 0.3) is 0 Å². The Bertz CT molecular complexity index is 686. The lowest BCUT2D eigenvalue weighted by Gasteiger charge is -2.05. The number of amides is 1. The maximum Gasteiger partial charge on any atom is 0.277 e. The van der Waals surface area contributed by atoms with Crippen LogP contribution in [0, 0.1) is 0 Å². The topological polar surface area (TPSA) is 67.8 Å². The lowest BCUT2D eigenvalue weighted by atomic mass is 10.3. The highest BCUT2D eigenvalue weighted by Crippen LogP contribution is 2.42. The Morgan fingerprint density at radius 2 is 2.00 bits per heavy atom. The summed E-state index contributed by atoms with van der Waals surface area (Å²) in [6, 6.07) is 0. The van der Waals surface area contributed by atoms with Gasteiger partial charge in [0.1, 0.15) is 10.7 Å². The first-order chi connectivity index (χ1) is 9.56. The average molecular weight is 350 g/mol. The molecule has 1 fully saturated rings. The fourth-order valence-corrected chi connectivity index (χ4v) is 3.01. The number of nitrogens with zero attached hydrogens (tertiary/aromatic N) is 3. The summed E-state index contributed by atoms with van der Waals surface area (Å²) < 4.78 is 0. The number of nitrogens with one attached hydrogen (secondary N) is 1. The minimum absolute atomic E-state index is 0.00392. The number of hydrogen-bond acceptors (Lipinski definition) is 5. The Labute approximate surface area is 133 Å². The van der Waals surface area contributed by atoms with E-state index in [0.29, 0.717) is 11.0 Å². The molecule has 5 nitrogen and oxygen atoms in total. The number of carbonyl (C=O) groups excluding carboxylic acids is 1. The molecule has 0 atom stereocenters. The van der Waals surface area contributed by atoms with Crippen LogP contribution in [0.15, 0.2) is 6.20 Å². The van der Waals surface area contributed by atoms with E-state index in [1.807, 2.05) is 0 Å². The van der Waals surface area contributed by atoms with E-state index in [1.165, 1.54) is 17.5 Å². The quantitative estimate of drug-likeness (QED) is 0.908. The Morgan fingerprint density at radius 3 is 2.70 bits per heavy atom. The first-order valence-corrected chi connectivity index (χ1v) is 7.65. The highest BCUT2D eigenvalue weighted by molar-refractivity contribution is 7.15. The Morgan fingerprint density at radius 1 is 1.25 bits per heavy atom. The predicted octanol–water partition coefficient (Wildman–Crippen LogP) is 4.02. The van der Waals surface area contributed by atoms with Crippen LogP contribution in [0.1, 0.15) is 34.3 Å². The van der Waals surface area contributed by atoms with E-state index in [9.17, 15) is 4.79 Å². The minimum atomic E-state index is -0.493. The SMILES string of the molecule is O=C(Nc1nnc(C2CC2)s1)c1ncc(Cl)c(Cl)c1Cl. The van der Waals surface area contributed by atoms with Crippen LogP contribution in [-0.4, -0.2) is 21.1 Å². The van der Waals surface area contributed by atoms with Crippen molar-refractivity contribution >= 4 is 57.2 Å². The molecule has 2 aromatic rings. The van der Waals surface area contributed by atoms with Gasteiger partial charge in [0.15, 0.2) is 0 Å². The van der Waals surface area contributed by atoms with Gasteiger partial charge in [-0.25, -0.2) is 4.98 Å². The molecule has 0 radical (unpaired) electrons. The molecule has 0 aromatic carbocycles. The molecule has 2 heterocycles. The van der Waals surface area contributed by atoms with Crippen LogP contribution in [0.3, 0.4) is 0 Å². The van der Waals surface area contributed by atoms with Crippen molar-refractivity contribution in [2.24, 2.45) is 0 Å². The first-order valence-electron chi connectivity index (χ1n) is 5.70. The van der Waals surface area contributed by atoms with Gasteiger partial charge in [0.2, 0.25) is 5.13 Å². The molecular weight excluding hydrogens is 343 g/mol. The summed E-state index contributed by atoms with van der Waals surface area (Å²) in [6.07, 6.45) is 3.53. The van der Waals surface area contributed by atoms with Crippen molar-refractivity contribution in [2.75, 3.05) is 5.32 Å². The molecule has 1 aliphatic rings.